The number of carbonyl (C=O) groups excluding carboxylic acids is 1. The first-order valence-electron chi connectivity index (χ1n) is 22.8. The Morgan fingerprint density at radius 3 is 0.900 bits per heavy atom. The van der Waals surface area contributed by atoms with Crippen molar-refractivity contribution in [2.75, 3.05) is 6.61 Å². The van der Waals surface area contributed by atoms with Crippen LogP contribution in [0, 0.1) is 0 Å². The molecule has 0 saturated heterocycles. The topological polar surface area (TPSA) is 89.8 Å². The van der Waals surface area contributed by atoms with Crippen molar-refractivity contribution in [1.82, 2.24) is 5.32 Å². The van der Waals surface area contributed by atoms with Crippen LogP contribution in [0.25, 0.3) is 0 Å². The first kappa shape index (κ1) is 49.4. The average molecular weight is 710 g/mol. The molecule has 0 rings (SSSR count). The summed E-state index contributed by atoms with van der Waals surface area (Å²) in [6.45, 7) is 4.25. The first-order chi connectivity index (χ1) is 24.6. The van der Waals surface area contributed by atoms with E-state index in [9.17, 15) is 20.1 Å². The highest BCUT2D eigenvalue weighted by Gasteiger charge is 2.23. The monoisotopic (exact) mass is 710 g/mol. The van der Waals surface area contributed by atoms with Crippen molar-refractivity contribution in [2.24, 2.45) is 0 Å². The number of aliphatic hydroxyl groups excluding tert-OH is 3. The quantitative estimate of drug-likeness (QED) is 0.0475. The van der Waals surface area contributed by atoms with Gasteiger partial charge in [0.05, 0.1) is 18.8 Å². The van der Waals surface area contributed by atoms with Crippen molar-refractivity contribution in [3.63, 3.8) is 0 Å². The molecule has 0 saturated carbocycles. The van der Waals surface area contributed by atoms with Gasteiger partial charge < -0.3 is 20.6 Å². The molecular weight excluding hydrogens is 618 g/mol. The molecule has 1 amide bonds. The molecular formula is C45H91NO4. The molecule has 0 fully saturated rings. The Balaban J connectivity index is 3.57. The molecule has 50 heavy (non-hydrogen) atoms. The molecule has 0 spiro atoms. The molecule has 0 heterocycles. The predicted molar refractivity (Wildman–Crippen MR) is 218 cm³/mol. The smallest absolute Gasteiger partial charge is 0.249 e. The molecule has 0 aliphatic carbocycles. The van der Waals surface area contributed by atoms with E-state index in [4.69, 9.17) is 0 Å². The van der Waals surface area contributed by atoms with Crippen LogP contribution >= 0.6 is 0 Å². The Morgan fingerprint density at radius 1 is 0.400 bits per heavy atom. The lowest BCUT2D eigenvalue weighted by Gasteiger charge is -2.23. The van der Waals surface area contributed by atoms with Crippen LogP contribution in [0.2, 0.25) is 0 Å². The van der Waals surface area contributed by atoms with Gasteiger partial charge in [-0.1, -0.05) is 245 Å². The predicted octanol–water partition coefficient (Wildman–Crippen LogP) is 13.0. The van der Waals surface area contributed by atoms with Crippen molar-refractivity contribution in [1.29, 1.82) is 0 Å². The van der Waals surface area contributed by atoms with Crippen molar-refractivity contribution in [3.05, 3.63) is 0 Å². The standard InChI is InChI=1S/C45H91NO4/c1-3-5-7-9-11-13-15-17-19-21-22-24-25-27-29-31-33-35-37-39-43(48)42(41-47)46-45(50)44(49)40-38-36-34-32-30-28-26-23-20-18-16-14-12-10-8-6-4-2/h42-44,47-49H,3-41H2,1-2H3,(H,46,50). The number of hydrogen-bond donors (Lipinski definition) is 4. The maximum Gasteiger partial charge on any atom is 0.249 e. The number of rotatable bonds is 42. The van der Waals surface area contributed by atoms with Gasteiger partial charge in [-0.3, -0.25) is 4.79 Å². The number of nitrogens with one attached hydrogen (secondary N) is 1. The molecule has 5 heteroatoms. The molecule has 0 aliphatic heterocycles. The van der Waals surface area contributed by atoms with E-state index in [1.807, 2.05) is 0 Å². The molecule has 0 aromatic rings. The highest BCUT2D eigenvalue weighted by Crippen LogP contribution is 2.17. The summed E-state index contributed by atoms with van der Waals surface area (Å²) in [4.78, 5) is 12.5. The Bertz CT molecular complexity index is 659. The van der Waals surface area contributed by atoms with Gasteiger partial charge in [0.1, 0.15) is 6.10 Å². The fourth-order valence-electron chi connectivity index (χ4n) is 7.37. The van der Waals surface area contributed by atoms with Gasteiger partial charge in [0.15, 0.2) is 0 Å². The number of amides is 1. The Hall–Kier alpha value is -0.650. The lowest BCUT2D eigenvalue weighted by Crippen LogP contribution is -2.49. The Morgan fingerprint density at radius 2 is 0.640 bits per heavy atom. The zero-order chi connectivity index (χ0) is 36.6. The third-order valence-electron chi connectivity index (χ3n) is 11.0. The van der Waals surface area contributed by atoms with Gasteiger partial charge in [0.2, 0.25) is 5.91 Å². The van der Waals surface area contributed by atoms with E-state index >= 15 is 0 Å². The average Bonchev–Trinajstić information content (AvgIpc) is 3.12. The fourth-order valence-corrected chi connectivity index (χ4v) is 7.37. The number of aliphatic hydroxyl groups is 3. The first-order valence-corrected chi connectivity index (χ1v) is 22.8. The van der Waals surface area contributed by atoms with Crippen molar-refractivity contribution < 1.29 is 20.1 Å². The normalized spacial score (nSPS) is 13.5. The van der Waals surface area contributed by atoms with Gasteiger partial charge in [0, 0.05) is 0 Å². The summed E-state index contributed by atoms with van der Waals surface area (Å²) in [6.07, 6.45) is 46.7. The summed E-state index contributed by atoms with van der Waals surface area (Å²) in [5.74, 6) is -0.465. The minimum atomic E-state index is -1.07. The lowest BCUT2D eigenvalue weighted by atomic mass is 10.0. The van der Waals surface area contributed by atoms with Gasteiger partial charge in [-0.05, 0) is 12.8 Å². The van der Waals surface area contributed by atoms with Crippen molar-refractivity contribution in [2.45, 2.75) is 276 Å². The number of carbonyl (C=O) groups is 1. The van der Waals surface area contributed by atoms with Gasteiger partial charge in [-0.25, -0.2) is 0 Å². The van der Waals surface area contributed by atoms with Crippen molar-refractivity contribution in [3.8, 4) is 0 Å². The summed E-state index contributed by atoms with van der Waals surface area (Å²) in [6, 6.07) is -0.705. The van der Waals surface area contributed by atoms with Gasteiger partial charge >= 0.3 is 0 Å². The van der Waals surface area contributed by atoms with Gasteiger partial charge in [0.25, 0.3) is 0 Å². The van der Waals surface area contributed by atoms with Crippen LogP contribution in [0.15, 0.2) is 0 Å². The van der Waals surface area contributed by atoms with E-state index in [-0.39, 0.29) is 6.61 Å². The van der Waals surface area contributed by atoms with Crippen LogP contribution in [-0.2, 0) is 4.79 Å². The van der Waals surface area contributed by atoms with Crippen LogP contribution < -0.4 is 5.32 Å². The number of unbranched alkanes of at least 4 members (excludes halogenated alkanes) is 34. The second-order valence-corrected chi connectivity index (χ2v) is 16.0. The van der Waals surface area contributed by atoms with Gasteiger partial charge in [-0.2, -0.15) is 0 Å². The molecule has 0 aromatic carbocycles. The minimum absolute atomic E-state index is 0.308. The van der Waals surface area contributed by atoms with Crippen LogP contribution in [0.4, 0.5) is 0 Å². The third-order valence-corrected chi connectivity index (χ3v) is 11.0. The third kappa shape index (κ3) is 35.7. The SMILES string of the molecule is CCCCCCCCCCCCCCCCCCCCCC(O)C(CO)NC(=O)C(O)CCCCCCCCCCCCCCCCCCC. The van der Waals surface area contributed by atoms with E-state index in [1.54, 1.807) is 0 Å². The molecule has 0 bridgehead atoms. The van der Waals surface area contributed by atoms with Crippen molar-refractivity contribution >= 4 is 5.91 Å². The molecule has 5 nitrogen and oxygen atoms in total. The molecule has 0 radical (unpaired) electrons. The van der Waals surface area contributed by atoms with Crippen LogP contribution in [0.5, 0.6) is 0 Å². The molecule has 3 unspecified atom stereocenters. The van der Waals surface area contributed by atoms with E-state index in [2.05, 4.69) is 19.2 Å². The Labute approximate surface area is 313 Å². The largest absolute Gasteiger partial charge is 0.394 e. The second kappa shape index (κ2) is 41.1. The summed E-state index contributed by atoms with van der Waals surface area (Å²) >= 11 is 0. The van der Waals surface area contributed by atoms with Crippen LogP contribution in [0.3, 0.4) is 0 Å². The zero-order valence-corrected chi connectivity index (χ0v) is 34.1. The molecule has 3 atom stereocenters. The maximum absolute atomic E-state index is 12.5. The summed E-state index contributed by atoms with van der Waals surface area (Å²) in [5, 5.41) is 33.4. The second-order valence-electron chi connectivity index (χ2n) is 16.0. The van der Waals surface area contributed by atoms with Crippen LogP contribution in [-0.4, -0.2) is 46.1 Å². The molecule has 300 valence electrons. The maximum atomic E-state index is 12.5. The summed E-state index contributed by atoms with van der Waals surface area (Å²) in [7, 11) is 0. The molecule has 0 aromatic heterocycles. The highest BCUT2D eigenvalue weighted by molar-refractivity contribution is 5.80. The molecule has 0 aliphatic rings. The zero-order valence-electron chi connectivity index (χ0n) is 34.1. The highest BCUT2D eigenvalue weighted by atomic mass is 16.3. The minimum Gasteiger partial charge on any atom is -0.394 e. The van der Waals surface area contributed by atoms with E-state index < -0.39 is 24.2 Å². The number of hydrogen-bond acceptors (Lipinski definition) is 4. The van der Waals surface area contributed by atoms with Crippen LogP contribution in [0.1, 0.15) is 258 Å². The van der Waals surface area contributed by atoms with Gasteiger partial charge in [-0.15, -0.1) is 0 Å². The summed E-state index contributed by atoms with van der Waals surface area (Å²) < 4.78 is 0. The molecule has 4 N–H and O–H groups in total. The van der Waals surface area contributed by atoms with E-state index in [0.29, 0.717) is 12.8 Å². The lowest BCUT2D eigenvalue weighted by molar-refractivity contribution is -0.131. The fraction of sp³-hybridized carbons (Fsp3) is 0.978. The van der Waals surface area contributed by atoms with E-state index in [1.165, 1.54) is 199 Å². The Kier molecular flexibility index (Phi) is 40.6. The summed E-state index contributed by atoms with van der Waals surface area (Å²) in [5.41, 5.74) is 0. The van der Waals surface area contributed by atoms with E-state index in [0.717, 1.165) is 32.1 Å².